The van der Waals surface area contributed by atoms with Crippen LogP contribution in [-0.4, -0.2) is 6.04 Å². The molecule has 0 aliphatic carbocycles. The van der Waals surface area contributed by atoms with E-state index in [4.69, 9.17) is 5.73 Å². The third-order valence-corrected chi connectivity index (χ3v) is 2.38. The molecule has 1 nitrogen and oxygen atoms in total. The fraction of sp³-hybridized carbons (Fsp3) is 1.00. The zero-order chi connectivity index (χ0) is 8.85. The Hall–Kier alpha value is -0.0400. The van der Waals surface area contributed by atoms with Gasteiger partial charge in [-0.1, -0.05) is 33.6 Å². The van der Waals surface area contributed by atoms with Gasteiger partial charge < -0.3 is 5.73 Å². The Morgan fingerprint density at radius 1 is 1.09 bits per heavy atom. The van der Waals surface area contributed by atoms with E-state index in [1.807, 2.05) is 0 Å². The molecule has 0 aromatic carbocycles. The van der Waals surface area contributed by atoms with Crippen LogP contribution < -0.4 is 5.73 Å². The summed E-state index contributed by atoms with van der Waals surface area (Å²) in [6.07, 6.45) is 3.84. The molecular formula is C10H23N. The number of hydrogen-bond donors (Lipinski definition) is 1. The van der Waals surface area contributed by atoms with Crippen molar-refractivity contribution < 1.29 is 0 Å². The third-order valence-electron chi connectivity index (χ3n) is 2.38. The molecule has 0 aromatic rings. The minimum Gasteiger partial charge on any atom is -0.328 e. The molecule has 0 spiro atoms. The Balaban J connectivity index is 3.52. The van der Waals surface area contributed by atoms with Crippen molar-refractivity contribution >= 4 is 0 Å². The quantitative estimate of drug-likeness (QED) is 0.652. The van der Waals surface area contributed by atoms with Crippen LogP contribution in [0.3, 0.4) is 0 Å². The van der Waals surface area contributed by atoms with Crippen molar-refractivity contribution in [3.63, 3.8) is 0 Å². The molecule has 0 rings (SSSR count). The molecule has 0 bridgehead atoms. The highest BCUT2D eigenvalue weighted by Crippen LogP contribution is 2.17. The minimum atomic E-state index is 0.374. The van der Waals surface area contributed by atoms with Gasteiger partial charge in [0.1, 0.15) is 0 Å². The Labute approximate surface area is 71.4 Å². The van der Waals surface area contributed by atoms with E-state index >= 15 is 0 Å². The van der Waals surface area contributed by atoms with Gasteiger partial charge in [-0.2, -0.15) is 0 Å². The van der Waals surface area contributed by atoms with Crippen molar-refractivity contribution in [2.24, 2.45) is 17.6 Å². The van der Waals surface area contributed by atoms with Crippen molar-refractivity contribution in [2.75, 3.05) is 0 Å². The second-order valence-electron chi connectivity index (χ2n) is 4.00. The maximum atomic E-state index is 5.83. The monoisotopic (exact) mass is 157 g/mol. The fourth-order valence-electron chi connectivity index (χ4n) is 1.39. The predicted octanol–water partition coefficient (Wildman–Crippen LogP) is 2.80. The third kappa shape index (κ3) is 5.25. The highest BCUT2D eigenvalue weighted by molar-refractivity contribution is 4.67. The zero-order valence-electron chi connectivity index (χ0n) is 8.43. The SMILES string of the molecule is CCC(CCC(C)C)C(C)N. The Morgan fingerprint density at radius 3 is 1.91 bits per heavy atom. The van der Waals surface area contributed by atoms with Gasteiger partial charge in [-0.15, -0.1) is 0 Å². The molecule has 0 radical (unpaired) electrons. The molecule has 0 heterocycles. The zero-order valence-corrected chi connectivity index (χ0v) is 8.43. The van der Waals surface area contributed by atoms with Crippen LogP contribution in [0.25, 0.3) is 0 Å². The number of hydrogen-bond acceptors (Lipinski definition) is 1. The van der Waals surface area contributed by atoms with Crippen LogP contribution in [0.2, 0.25) is 0 Å². The number of rotatable bonds is 5. The van der Waals surface area contributed by atoms with Gasteiger partial charge in [0.05, 0.1) is 0 Å². The summed E-state index contributed by atoms with van der Waals surface area (Å²) in [7, 11) is 0. The van der Waals surface area contributed by atoms with Crippen molar-refractivity contribution in [2.45, 2.75) is 53.0 Å². The van der Waals surface area contributed by atoms with E-state index in [-0.39, 0.29) is 0 Å². The summed E-state index contributed by atoms with van der Waals surface area (Å²) >= 11 is 0. The first-order valence-electron chi connectivity index (χ1n) is 4.83. The first-order valence-corrected chi connectivity index (χ1v) is 4.83. The maximum absolute atomic E-state index is 5.83. The summed E-state index contributed by atoms with van der Waals surface area (Å²) in [5.41, 5.74) is 5.83. The van der Waals surface area contributed by atoms with Gasteiger partial charge in [0.15, 0.2) is 0 Å². The summed E-state index contributed by atoms with van der Waals surface area (Å²) < 4.78 is 0. The Bertz CT molecular complexity index is 86.9. The van der Waals surface area contributed by atoms with Gasteiger partial charge >= 0.3 is 0 Å². The molecule has 68 valence electrons. The van der Waals surface area contributed by atoms with E-state index in [1.165, 1.54) is 19.3 Å². The molecular weight excluding hydrogens is 134 g/mol. The van der Waals surface area contributed by atoms with E-state index in [0.717, 1.165) is 11.8 Å². The Morgan fingerprint density at radius 2 is 1.64 bits per heavy atom. The molecule has 2 atom stereocenters. The molecule has 0 saturated heterocycles. The number of nitrogens with two attached hydrogens (primary N) is 1. The standard InChI is InChI=1S/C10H23N/c1-5-10(9(4)11)7-6-8(2)3/h8-10H,5-7,11H2,1-4H3. The van der Waals surface area contributed by atoms with Gasteiger partial charge in [-0.3, -0.25) is 0 Å². The van der Waals surface area contributed by atoms with E-state index in [1.54, 1.807) is 0 Å². The van der Waals surface area contributed by atoms with E-state index in [2.05, 4.69) is 27.7 Å². The van der Waals surface area contributed by atoms with Gasteiger partial charge in [-0.25, -0.2) is 0 Å². The van der Waals surface area contributed by atoms with Crippen molar-refractivity contribution in [1.29, 1.82) is 0 Å². The van der Waals surface area contributed by atoms with Crippen molar-refractivity contribution in [1.82, 2.24) is 0 Å². The largest absolute Gasteiger partial charge is 0.328 e. The average Bonchev–Trinajstić information content (AvgIpc) is 1.87. The Kier molecular flexibility index (Phi) is 5.57. The molecule has 0 aliphatic rings. The van der Waals surface area contributed by atoms with Gasteiger partial charge in [0, 0.05) is 6.04 Å². The molecule has 1 heteroatoms. The second kappa shape index (κ2) is 5.59. The van der Waals surface area contributed by atoms with Crippen molar-refractivity contribution in [3.8, 4) is 0 Å². The summed E-state index contributed by atoms with van der Waals surface area (Å²) in [5.74, 6) is 1.56. The van der Waals surface area contributed by atoms with Crippen LogP contribution in [0.5, 0.6) is 0 Å². The summed E-state index contributed by atoms with van der Waals surface area (Å²) in [5, 5.41) is 0. The van der Waals surface area contributed by atoms with Crippen molar-refractivity contribution in [3.05, 3.63) is 0 Å². The first-order chi connectivity index (χ1) is 5.07. The van der Waals surface area contributed by atoms with Gasteiger partial charge in [-0.05, 0) is 25.2 Å². The molecule has 0 fully saturated rings. The topological polar surface area (TPSA) is 26.0 Å². The van der Waals surface area contributed by atoms with E-state index in [9.17, 15) is 0 Å². The van der Waals surface area contributed by atoms with E-state index < -0.39 is 0 Å². The molecule has 0 saturated carbocycles. The fourth-order valence-corrected chi connectivity index (χ4v) is 1.39. The smallest absolute Gasteiger partial charge is 0.00386 e. The lowest BCUT2D eigenvalue weighted by atomic mass is 9.91. The molecule has 0 amide bonds. The lowest BCUT2D eigenvalue weighted by molar-refractivity contribution is 0.365. The highest BCUT2D eigenvalue weighted by Gasteiger charge is 2.11. The van der Waals surface area contributed by atoms with Crippen LogP contribution in [0, 0.1) is 11.8 Å². The second-order valence-corrected chi connectivity index (χ2v) is 4.00. The molecule has 11 heavy (non-hydrogen) atoms. The van der Waals surface area contributed by atoms with E-state index in [0.29, 0.717) is 6.04 Å². The van der Waals surface area contributed by atoms with Gasteiger partial charge in [0.25, 0.3) is 0 Å². The summed E-state index contributed by atoms with van der Waals surface area (Å²) in [4.78, 5) is 0. The molecule has 0 aromatic heterocycles. The average molecular weight is 157 g/mol. The first kappa shape index (κ1) is 11.0. The maximum Gasteiger partial charge on any atom is 0.00386 e. The highest BCUT2D eigenvalue weighted by atomic mass is 14.6. The van der Waals surface area contributed by atoms with Crippen LogP contribution in [0.15, 0.2) is 0 Å². The lowest BCUT2D eigenvalue weighted by Gasteiger charge is -2.19. The molecule has 2 unspecified atom stereocenters. The summed E-state index contributed by atoms with van der Waals surface area (Å²) in [6, 6.07) is 0.374. The summed E-state index contributed by atoms with van der Waals surface area (Å²) in [6.45, 7) is 8.89. The molecule has 2 N–H and O–H groups in total. The molecule has 0 aliphatic heterocycles. The van der Waals surface area contributed by atoms with Gasteiger partial charge in [0.2, 0.25) is 0 Å². The van der Waals surface area contributed by atoms with Crippen LogP contribution in [0.4, 0.5) is 0 Å². The lowest BCUT2D eigenvalue weighted by Crippen LogP contribution is -2.26. The van der Waals surface area contributed by atoms with Crippen LogP contribution in [0.1, 0.15) is 47.0 Å². The normalized spacial score (nSPS) is 16.9. The van der Waals surface area contributed by atoms with Crippen LogP contribution >= 0.6 is 0 Å². The van der Waals surface area contributed by atoms with Crippen LogP contribution in [-0.2, 0) is 0 Å². The predicted molar refractivity (Wildman–Crippen MR) is 51.5 cm³/mol. The minimum absolute atomic E-state index is 0.374.